The molecule has 0 saturated carbocycles. The molecule has 0 bridgehead atoms. The smallest absolute Gasteiger partial charge is 0.128 e. The number of halogens is 1. The number of hydroxylamine groups is 1. The largest absolute Gasteiger partial charge is 0.305 e. The Morgan fingerprint density at radius 3 is 2.83 bits per heavy atom. The third-order valence-corrected chi connectivity index (χ3v) is 1.62. The van der Waals surface area contributed by atoms with E-state index in [2.05, 4.69) is 10.3 Å². The highest BCUT2D eigenvalue weighted by Gasteiger charge is 2.00. The number of hydrogen-bond acceptors (Lipinski definition) is 2. The lowest BCUT2D eigenvalue weighted by Gasteiger charge is -2.03. The summed E-state index contributed by atoms with van der Waals surface area (Å²) in [6.45, 7) is 2.25. The fraction of sp³-hybridized carbons (Fsp3) is 0.333. The van der Waals surface area contributed by atoms with Crippen LogP contribution >= 0.6 is 0 Å². The normalized spacial score (nSPS) is 10.2. The van der Waals surface area contributed by atoms with Gasteiger partial charge < -0.3 is 4.84 Å². The highest BCUT2D eigenvalue weighted by Crippen LogP contribution is 2.08. The van der Waals surface area contributed by atoms with Gasteiger partial charge in [-0.05, 0) is 18.6 Å². The summed E-state index contributed by atoms with van der Waals surface area (Å²) in [5.41, 5.74) is 4.12. The molecule has 1 aromatic carbocycles. The van der Waals surface area contributed by atoms with Gasteiger partial charge in [0, 0.05) is 12.1 Å². The fourth-order valence-electron chi connectivity index (χ4n) is 0.946. The first-order chi connectivity index (χ1) is 5.74. The van der Waals surface area contributed by atoms with Crippen molar-refractivity contribution >= 4 is 0 Å². The van der Waals surface area contributed by atoms with Crippen molar-refractivity contribution < 1.29 is 9.23 Å². The molecule has 12 heavy (non-hydrogen) atoms. The summed E-state index contributed by atoms with van der Waals surface area (Å²) in [5, 5.41) is 0. The number of rotatable bonds is 3. The third-order valence-electron chi connectivity index (χ3n) is 1.62. The zero-order valence-electron chi connectivity index (χ0n) is 7.23. The Morgan fingerprint density at radius 2 is 2.25 bits per heavy atom. The molecular weight excluding hydrogens is 157 g/mol. The Labute approximate surface area is 71.3 Å². The molecule has 3 heteroatoms. The van der Waals surface area contributed by atoms with Gasteiger partial charge in [0.2, 0.25) is 0 Å². The van der Waals surface area contributed by atoms with E-state index in [4.69, 9.17) is 0 Å². The molecular formula is C9H12FNO. The predicted octanol–water partition coefficient (Wildman–Crippen LogP) is 1.79. The number of aryl methyl sites for hydroxylation is 1. The van der Waals surface area contributed by atoms with Crippen LogP contribution in [0.4, 0.5) is 4.39 Å². The molecule has 0 aliphatic heterocycles. The Kier molecular flexibility index (Phi) is 3.19. The van der Waals surface area contributed by atoms with Gasteiger partial charge >= 0.3 is 0 Å². The summed E-state index contributed by atoms with van der Waals surface area (Å²) < 4.78 is 13.1. The molecule has 0 heterocycles. The molecule has 0 atom stereocenters. The molecule has 0 amide bonds. The fourth-order valence-corrected chi connectivity index (χ4v) is 0.946. The number of benzene rings is 1. The Bertz CT molecular complexity index is 263. The van der Waals surface area contributed by atoms with Gasteiger partial charge in [0.25, 0.3) is 0 Å². The summed E-state index contributed by atoms with van der Waals surface area (Å²) in [6.07, 6.45) is 0. The number of hydrogen-bond donors (Lipinski definition) is 1. The van der Waals surface area contributed by atoms with Crippen molar-refractivity contribution in [2.75, 3.05) is 7.11 Å². The zero-order chi connectivity index (χ0) is 8.97. The van der Waals surface area contributed by atoms with Crippen LogP contribution < -0.4 is 5.48 Å². The Balaban J connectivity index is 2.72. The minimum absolute atomic E-state index is 0.195. The van der Waals surface area contributed by atoms with Crippen molar-refractivity contribution in [2.45, 2.75) is 13.5 Å². The van der Waals surface area contributed by atoms with E-state index in [0.717, 1.165) is 5.56 Å². The van der Waals surface area contributed by atoms with E-state index in [9.17, 15) is 4.39 Å². The van der Waals surface area contributed by atoms with E-state index in [1.165, 1.54) is 13.2 Å². The highest BCUT2D eigenvalue weighted by molar-refractivity contribution is 5.23. The summed E-state index contributed by atoms with van der Waals surface area (Å²) in [5.74, 6) is -0.195. The molecule has 0 saturated heterocycles. The molecule has 1 rings (SSSR count). The van der Waals surface area contributed by atoms with E-state index >= 15 is 0 Å². The molecule has 0 radical (unpaired) electrons. The molecule has 2 nitrogen and oxygen atoms in total. The van der Waals surface area contributed by atoms with Gasteiger partial charge in [-0.25, -0.2) is 4.39 Å². The van der Waals surface area contributed by atoms with Gasteiger partial charge in [0.05, 0.1) is 7.11 Å². The highest BCUT2D eigenvalue weighted by atomic mass is 19.1. The molecule has 66 valence electrons. The molecule has 0 spiro atoms. The molecule has 0 aliphatic carbocycles. The Hall–Kier alpha value is -0.930. The van der Waals surface area contributed by atoms with Crippen molar-refractivity contribution in [3.63, 3.8) is 0 Å². The Morgan fingerprint density at radius 1 is 1.50 bits per heavy atom. The van der Waals surface area contributed by atoms with E-state index in [-0.39, 0.29) is 5.82 Å². The lowest BCUT2D eigenvalue weighted by molar-refractivity contribution is 0.0859. The van der Waals surface area contributed by atoms with Crippen molar-refractivity contribution in [3.05, 3.63) is 35.1 Å². The standard InChI is InChI=1S/C9H12FNO/c1-7-3-4-8(6-11-12-2)9(10)5-7/h3-5,11H,6H2,1-2H3. The van der Waals surface area contributed by atoms with E-state index in [0.29, 0.717) is 12.1 Å². The van der Waals surface area contributed by atoms with Crippen LogP contribution in [0.2, 0.25) is 0 Å². The SMILES string of the molecule is CONCc1ccc(C)cc1F. The topological polar surface area (TPSA) is 21.3 Å². The average Bonchev–Trinajstić information content (AvgIpc) is 2.03. The first-order valence-electron chi connectivity index (χ1n) is 3.75. The van der Waals surface area contributed by atoms with Crippen LogP contribution in [0, 0.1) is 12.7 Å². The monoisotopic (exact) mass is 169 g/mol. The van der Waals surface area contributed by atoms with E-state index < -0.39 is 0 Å². The van der Waals surface area contributed by atoms with Gasteiger partial charge in [0.1, 0.15) is 5.82 Å². The maximum Gasteiger partial charge on any atom is 0.128 e. The minimum Gasteiger partial charge on any atom is -0.305 e. The van der Waals surface area contributed by atoms with E-state index in [1.54, 1.807) is 6.07 Å². The molecule has 0 aromatic heterocycles. The molecule has 0 unspecified atom stereocenters. The molecule has 1 aromatic rings. The molecule has 0 aliphatic rings. The quantitative estimate of drug-likeness (QED) is 0.696. The van der Waals surface area contributed by atoms with Crippen LogP contribution in [0.1, 0.15) is 11.1 Å². The third kappa shape index (κ3) is 2.29. The van der Waals surface area contributed by atoms with Gasteiger partial charge in [0.15, 0.2) is 0 Å². The van der Waals surface area contributed by atoms with Crippen molar-refractivity contribution in [1.29, 1.82) is 0 Å². The van der Waals surface area contributed by atoms with E-state index in [1.807, 2.05) is 13.0 Å². The first kappa shape index (κ1) is 9.16. The van der Waals surface area contributed by atoms with Crippen LogP contribution in [0.15, 0.2) is 18.2 Å². The summed E-state index contributed by atoms with van der Waals surface area (Å²) in [4.78, 5) is 4.61. The van der Waals surface area contributed by atoms with Crippen LogP contribution in [0.5, 0.6) is 0 Å². The van der Waals surface area contributed by atoms with Crippen LogP contribution in [-0.2, 0) is 11.4 Å². The lowest BCUT2D eigenvalue weighted by Crippen LogP contribution is -2.11. The maximum atomic E-state index is 13.1. The lowest BCUT2D eigenvalue weighted by atomic mass is 10.1. The average molecular weight is 169 g/mol. The predicted molar refractivity (Wildman–Crippen MR) is 45.0 cm³/mol. The minimum atomic E-state index is -0.195. The van der Waals surface area contributed by atoms with Crippen LogP contribution in [0.3, 0.4) is 0 Å². The van der Waals surface area contributed by atoms with Crippen molar-refractivity contribution in [3.8, 4) is 0 Å². The maximum absolute atomic E-state index is 13.1. The second-order valence-corrected chi connectivity index (χ2v) is 2.62. The summed E-state index contributed by atoms with van der Waals surface area (Å²) in [7, 11) is 1.51. The zero-order valence-corrected chi connectivity index (χ0v) is 7.23. The summed E-state index contributed by atoms with van der Waals surface area (Å²) >= 11 is 0. The van der Waals surface area contributed by atoms with Crippen LogP contribution in [0.25, 0.3) is 0 Å². The molecule has 0 fully saturated rings. The van der Waals surface area contributed by atoms with Crippen molar-refractivity contribution in [1.82, 2.24) is 5.48 Å². The first-order valence-corrected chi connectivity index (χ1v) is 3.75. The van der Waals surface area contributed by atoms with Gasteiger partial charge in [-0.3, -0.25) is 0 Å². The van der Waals surface area contributed by atoms with Gasteiger partial charge in [-0.2, -0.15) is 5.48 Å². The molecule has 1 N–H and O–H groups in total. The van der Waals surface area contributed by atoms with Crippen molar-refractivity contribution in [2.24, 2.45) is 0 Å². The second kappa shape index (κ2) is 4.18. The second-order valence-electron chi connectivity index (χ2n) is 2.62. The van der Waals surface area contributed by atoms with Crippen LogP contribution in [-0.4, -0.2) is 7.11 Å². The van der Waals surface area contributed by atoms with Gasteiger partial charge in [-0.15, -0.1) is 0 Å². The number of nitrogens with one attached hydrogen (secondary N) is 1. The summed E-state index contributed by atoms with van der Waals surface area (Å²) in [6, 6.07) is 5.12. The van der Waals surface area contributed by atoms with Gasteiger partial charge in [-0.1, -0.05) is 12.1 Å².